The third-order valence-electron chi connectivity index (χ3n) is 2.36. The lowest BCUT2D eigenvalue weighted by molar-refractivity contribution is -0.141. The molecule has 0 spiro atoms. The van der Waals surface area contributed by atoms with Crippen molar-refractivity contribution in [1.82, 2.24) is 5.32 Å². The Labute approximate surface area is 111 Å². The van der Waals surface area contributed by atoms with Gasteiger partial charge in [0.2, 0.25) is 0 Å². The van der Waals surface area contributed by atoms with Gasteiger partial charge in [0.15, 0.2) is 0 Å². The van der Waals surface area contributed by atoms with Crippen LogP contribution in [0.1, 0.15) is 12.0 Å². The van der Waals surface area contributed by atoms with E-state index in [1.165, 1.54) is 7.11 Å². The molecule has 0 aliphatic heterocycles. The van der Waals surface area contributed by atoms with E-state index in [0.29, 0.717) is 5.69 Å². The van der Waals surface area contributed by atoms with Gasteiger partial charge in [-0.3, -0.25) is 14.4 Å². The second-order valence-corrected chi connectivity index (χ2v) is 3.90. The maximum atomic E-state index is 11.5. The van der Waals surface area contributed by atoms with Crippen LogP contribution < -0.4 is 10.6 Å². The Morgan fingerprint density at radius 1 is 1.11 bits per heavy atom. The molecule has 0 unspecified atom stereocenters. The maximum absolute atomic E-state index is 11.5. The van der Waals surface area contributed by atoms with Crippen LogP contribution in [0.2, 0.25) is 0 Å². The lowest BCUT2D eigenvalue weighted by Crippen LogP contribution is -2.36. The monoisotopic (exact) mass is 264 g/mol. The summed E-state index contributed by atoms with van der Waals surface area (Å²) in [6.07, 6.45) is 0.0278. The average molecular weight is 264 g/mol. The molecule has 0 aliphatic carbocycles. The molecule has 0 aromatic heterocycles. The first kappa shape index (κ1) is 14.7. The SMILES string of the molecule is COC(=O)CCNC(=O)C(=O)Nc1ccc(C)cc1. The molecule has 0 saturated heterocycles. The number of carbonyl (C=O) groups excluding carboxylic acids is 3. The van der Waals surface area contributed by atoms with E-state index in [1.54, 1.807) is 12.1 Å². The fraction of sp³-hybridized carbons (Fsp3) is 0.308. The van der Waals surface area contributed by atoms with Crippen LogP contribution in [-0.4, -0.2) is 31.4 Å². The van der Waals surface area contributed by atoms with Gasteiger partial charge in [-0.05, 0) is 19.1 Å². The standard InChI is InChI=1S/C13H16N2O4/c1-9-3-5-10(6-4-9)15-13(18)12(17)14-8-7-11(16)19-2/h3-6H,7-8H2,1-2H3,(H,14,17)(H,15,18). The topological polar surface area (TPSA) is 84.5 Å². The zero-order valence-corrected chi connectivity index (χ0v) is 10.9. The summed E-state index contributed by atoms with van der Waals surface area (Å²) in [5.74, 6) is -2.00. The third-order valence-corrected chi connectivity index (χ3v) is 2.36. The van der Waals surface area contributed by atoms with E-state index in [0.717, 1.165) is 5.56 Å². The van der Waals surface area contributed by atoms with Crippen LogP contribution in [0.15, 0.2) is 24.3 Å². The first-order chi connectivity index (χ1) is 9.02. The van der Waals surface area contributed by atoms with E-state index in [4.69, 9.17) is 0 Å². The predicted molar refractivity (Wildman–Crippen MR) is 69.5 cm³/mol. The van der Waals surface area contributed by atoms with Crippen molar-refractivity contribution in [2.75, 3.05) is 19.0 Å². The molecule has 2 amide bonds. The number of hydrogen-bond acceptors (Lipinski definition) is 4. The smallest absolute Gasteiger partial charge is 0.313 e. The Kier molecular flexibility index (Phi) is 5.53. The zero-order chi connectivity index (χ0) is 14.3. The minimum Gasteiger partial charge on any atom is -0.469 e. The predicted octanol–water partition coefficient (Wildman–Crippen LogP) is 0.613. The number of rotatable bonds is 4. The van der Waals surface area contributed by atoms with E-state index in [1.807, 2.05) is 19.1 Å². The molecular formula is C13H16N2O4. The number of ether oxygens (including phenoxy) is 1. The molecule has 102 valence electrons. The van der Waals surface area contributed by atoms with Crippen LogP contribution in [0, 0.1) is 6.92 Å². The first-order valence-corrected chi connectivity index (χ1v) is 5.75. The van der Waals surface area contributed by atoms with E-state index < -0.39 is 17.8 Å². The van der Waals surface area contributed by atoms with Crippen LogP contribution >= 0.6 is 0 Å². The quantitative estimate of drug-likeness (QED) is 0.616. The number of anilines is 1. The van der Waals surface area contributed by atoms with Crippen molar-refractivity contribution in [2.45, 2.75) is 13.3 Å². The van der Waals surface area contributed by atoms with Gasteiger partial charge in [-0.2, -0.15) is 0 Å². The maximum Gasteiger partial charge on any atom is 0.313 e. The van der Waals surface area contributed by atoms with E-state index in [-0.39, 0.29) is 13.0 Å². The Hall–Kier alpha value is -2.37. The number of esters is 1. The summed E-state index contributed by atoms with van der Waals surface area (Å²) in [6, 6.07) is 7.06. The Morgan fingerprint density at radius 3 is 2.32 bits per heavy atom. The normalized spacial score (nSPS) is 9.58. The van der Waals surface area contributed by atoms with Gasteiger partial charge in [-0.1, -0.05) is 17.7 Å². The summed E-state index contributed by atoms with van der Waals surface area (Å²) in [5.41, 5.74) is 1.60. The molecule has 1 aromatic rings. The van der Waals surface area contributed by atoms with Gasteiger partial charge < -0.3 is 15.4 Å². The summed E-state index contributed by atoms with van der Waals surface area (Å²) < 4.78 is 4.41. The molecule has 0 heterocycles. The summed E-state index contributed by atoms with van der Waals surface area (Å²) in [4.78, 5) is 33.7. The lowest BCUT2D eigenvalue weighted by atomic mass is 10.2. The fourth-order valence-corrected chi connectivity index (χ4v) is 1.29. The van der Waals surface area contributed by atoms with Crippen molar-refractivity contribution in [3.63, 3.8) is 0 Å². The molecular weight excluding hydrogens is 248 g/mol. The van der Waals surface area contributed by atoms with Crippen LogP contribution in [0.25, 0.3) is 0 Å². The van der Waals surface area contributed by atoms with Gasteiger partial charge in [0.1, 0.15) is 0 Å². The number of benzene rings is 1. The molecule has 0 bridgehead atoms. The number of methoxy groups -OCH3 is 1. The van der Waals surface area contributed by atoms with Crippen molar-refractivity contribution in [1.29, 1.82) is 0 Å². The third kappa shape index (κ3) is 5.20. The Bertz CT molecular complexity index is 468. The highest BCUT2D eigenvalue weighted by atomic mass is 16.5. The largest absolute Gasteiger partial charge is 0.469 e. The average Bonchev–Trinajstić information content (AvgIpc) is 2.40. The van der Waals surface area contributed by atoms with Crippen LogP contribution in [0.5, 0.6) is 0 Å². The lowest BCUT2D eigenvalue weighted by Gasteiger charge is -2.06. The summed E-state index contributed by atoms with van der Waals surface area (Å²) >= 11 is 0. The number of nitrogens with one attached hydrogen (secondary N) is 2. The van der Waals surface area contributed by atoms with Crippen molar-refractivity contribution in [2.24, 2.45) is 0 Å². The van der Waals surface area contributed by atoms with E-state index >= 15 is 0 Å². The summed E-state index contributed by atoms with van der Waals surface area (Å²) in [5, 5.41) is 4.78. The number of aryl methyl sites for hydroxylation is 1. The fourth-order valence-electron chi connectivity index (χ4n) is 1.29. The van der Waals surface area contributed by atoms with Crippen molar-refractivity contribution in [3.05, 3.63) is 29.8 Å². The molecule has 6 heteroatoms. The van der Waals surface area contributed by atoms with E-state index in [2.05, 4.69) is 15.4 Å². The summed E-state index contributed by atoms with van der Waals surface area (Å²) in [6.45, 7) is 1.98. The first-order valence-electron chi connectivity index (χ1n) is 5.75. The van der Waals surface area contributed by atoms with Crippen molar-refractivity contribution < 1.29 is 19.1 Å². The molecule has 0 saturated carbocycles. The molecule has 0 aliphatic rings. The zero-order valence-electron chi connectivity index (χ0n) is 10.9. The number of carbonyl (C=O) groups is 3. The van der Waals surface area contributed by atoms with Gasteiger partial charge in [0.05, 0.1) is 13.5 Å². The van der Waals surface area contributed by atoms with Gasteiger partial charge in [-0.15, -0.1) is 0 Å². The second-order valence-electron chi connectivity index (χ2n) is 3.90. The molecule has 1 rings (SSSR count). The minimum absolute atomic E-state index is 0.0278. The summed E-state index contributed by atoms with van der Waals surface area (Å²) in [7, 11) is 1.26. The van der Waals surface area contributed by atoms with Gasteiger partial charge in [0, 0.05) is 12.2 Å². The number of hydrogen-bond donors (Lipinski definition) is 2. The highest BCUT2D eigenvalue weighted by Gasteiger charge is 2.13. The van der Waals surface area contributed by atoms with Gasteiger partial charge >= 0.3 is 17.8 Å². The van der Waals surface area contributed by atoms with Crippen LogP contribution in [0.4, 0.5) is 5.69 Å². The van der Waals surface area contributed by atoms with Crippen LogP contribution in [-0.2, 0) is 19.1 Å². The van der Waals surface area contributed by atoms with Gasteiger partial charge in [-0.25, -0.2) is 0 Å². The Morgan fingerprint density at radius 2 is 1.74 bits per heavy atom. The van der Waals surface area contributed by atoms with Crippen molar-refractivity contribution in [3.8, 4) is 0 Å². The highest BCUT2D eigenvalue weighted by molar-refractivity contribution is 6.39. The van der Waals surface area contributed by atoms with Crippen LogP contribution in [0.3, 0.4) is 0 Å². The second kappa shape index (κ2) is 7.15. The van der Waals surface area contributed by atoms with Gasteiger partial charge in [0.25, 0.3) is 0 Å². The highest BCUT2D eigenvalue weighted by Crippen LogP contribution is 2.08. The molecule has 19 heavy (non-hydrogen) atoms. The molecule has 2 N–H and O–H groups in total. The van der Waals surface area contributed by atoms with Crippen molar-refractivity contribution >= 4 is 23.5 Å². The molecule has 6 nitrogen and oxygen atoms in total. The molecule has 0 atom stereocenters. The van der Waals surface area contributed by atoms with E-state index in [9.17, 15) is 14.4 Å². The minimum atomic E-state index is -0.788. The number of amides is 2. The Balaban J connectivity index is 2.38. The molecule has 0 fully saturated rings. The molecule has 0 radical (unpaired) electrons. The molecule has 1 aromatic carbocycles.